The number of halogens is 1. The fourth-order valence-electron chi connectivity index (χ4n) is 2.57. The van der Waals surface area contributed by atoms with Crippen LogP contribution in [0.25, 0.3) is 10.1 Å². The second-order valence-electron chi connectivity index (χ2n) is 5.01. The predicted octanol–water partition coefficient (Wildman–Crippen LogP) is 2.73. The number of fused-ring (bicyclic) bond motifs is 1. The van der Waals surface area contributed by atoms with Crippen LogP contribution < -0.4 is 5.73 Å². The number of anilines is 1. The van der Waals surface area contributed by atoms with Crippen LogP contribution in [0, 0.1) is 0 Å². The molecule has 20 heavy (non-hydrogen) atoms. The van der Waals surface area contributed by atoms with Gasteiger partial charge in [-0.05, 0) is 25.0 Å². The monoisotopic (exact) mass is 310 g/mol. The molecule has 1 aliphatic heterocycles. The molecule has 6 heteroatoms. The SMILES string of the molecule is Nc1c(C(=O)N2CCCC(O)C2)sc2cccc(Cl)c12. The van der Waals surface area contributed by atoms with Gasteiger partial charge in [0.1, 0.15) is 4.88 Å². The third kappa shape index (κ3) is 2.26. The molecule has 2 heterocycles. The highest BCUT2D eigenvalue weighted by atomic mass is 35.5. The summed E-state index contributed by atoms with van der Waals surface area (Å²) in [5, 5.41) is 11.0. The predicted molar refractivity (Wildman–Crippen MR) is 82.4 cm³/mol. The number of carbonyl (C=O) groups excluding carboxylic acids is 1. The quantitative estimate of drug-likeness (QED) is 0.851. The summed E-state index contributed by atoms with van der Waals surface area (Å²) in [5.74, 6) is -0.112. The zero-order valence-electron chi connectivity index (χ0n) is 10.8. The smallest absolute Gasteiger partial charge is 0.266 e. The van der Waals surface area contributed by atoms with E-state index < -0.39 is 6.10 Å². The van der Waals surface area contributed by atoms with Crippen molar-refractivity contribution >= 4 is 44.6 Å². The van der Waals surface area contributed by atoms with Gasteiger partial charge in [0.15, 0.2) is 0 Å². The molecule has 3 N–H and O–H groups in total. The Hall–Kier alpha value is -1.30. The van der Waals surface area contributed by atoms with Crippen molar-refractivity contribution in [3.8, 4) is 0 Å². The minimum absolute atomic E-state index is 0.112. The van der Waals surface area contributed by atoms with Crippen molar-refractivity contribution in [1.29, 1.82) is 0 Å². The molecule has 1 fully saturated rings. The lowest BCUT2D eigenvalue weighted by molar-refractivity contribution is 0.0478. The molecule has 3 rings (SSSR count). The van der Waals surface area contributed by atoms with E-state index in [1.165, 1.54) is 11.3 Å². The van der Waals surface area contributed by atoms with Gasteiger partial charge in [0, 0.05) is 23.2 Å². The van der Waals surface area contributed by atoms with E-state index in [0.29, 0.717) is 28.7 Å². The van der Waals surface area contributed by atoms with Crippen LogP contribution in [-0.4, -0.2) is 35.1 Å². The molecule has 106 valence electrons. The average Bonchev–Trinajstić information content (AvgIpc) is 2.76. The van der Waals surface area contributed by atoms with E-state index in [2.05, 4.69) is 0 Å². The molecule has 1 aromatic heterocycles. The molecule has 0 aliphatic carbocycles. The van der Waals surface area contributed by atoms with Crippen LogP contribution in [-0.2, 0) is 0 Å². The first-order valence-electron chi connectivity index (χ1n) is 6.51. The standard InChI is InChI=1S/C14H15ClN2O2S/c15-9-4-1-5-10-11(9)12(16)13(20-10)14(19)17-6-2-3-8(18)7-17/h1,4-5,8,18H,2-3,6-7,16H2. The number of amides is 1. The summed E-state index contributed by atoms with van der Waals surface area (Å²) >= 11 is 7.51. The molecule has 4 nitrogen and oxygen atoms in total. The maximum Gasteiger partial charge on any atom is 0.266 e. The number of nitrogens with two attached hydrogens (primary N) is 1. The number of nitrogens with zero attached hydrogens (tertiary/aromatic N) is 1. The van der Waals surface area contributed by atoms with Gasteiger partial charge in [-0.25, -0.2) is 0 Å². The van der Waals surface area contributed by atoms with Crippen LogP contribution in [0.2, 0.25) is 5.02 Å². The van der Waals surface area contributed by atoms with Gasteiger partial charge in [0.05, 0.1) is 16.8 Å². The van der Waals surface area contributed by atoms with E-state index in [9.17, 15) is 9.90 Å². The van der Waals surface area contributed by atoms with Crippen LogP contribution in [0.5, 0.6) is 0 Å². The number of aliphatic hydroxyl groups excluding tert-OH is 1. The minimum Gasteiger partial charge on any atom is -0.397 e. The highest BCUT2D eigenvalue weighted by Crippen LogP contribution is 2.38. The summed E-state index contributed by atoms with van der Waals surface area (Å²) in [6.07, 6.45) is 1.13. The lowest BCUT2D eigenvalue weighted by atomic mass is 10.1. The van der Waals surface area contributed by atoms with Crippen molar-refractivity contribution in [3.05, 3.63) is 28.1 Å². The molecule has 1 unspecified atom stereocenters. The Kier molecular flexibility index (Phi) is 3.58. The normalized spacial score (nSPS) is 19.5. The van der Waals surface area contributed by atoms with Gasteiger partial charge in [-0.1, -0.05) is 17.7 Å². The average molecular weight is 311 g/mol. The molecule has 0 radical (unpaired) electrons. The largest absolute Gasteiger partial charge is 0.397 e. The van der Waals surface area contributed by atoms with Gasteiger partial charge in [-0.2, -0.15) is 0 Å². The lowest BCUT2D eigenvalue weighted by Crippen LogP contribution is -2.42. The molecule has 1 amide bonds. The molecule has 1 aromatic carbocycles. The highest BCUT2D eigenvalue weighted by molar-refractivity contribution is 7.21. The van der Waals surface area contributed by atoms with Crippen LogP contribution in [0.15, 0.2) is 18.2 Å². The fraction of sp³-hybridized carbons (Fsp3) is 0.357. The van der Waals surface area contributed by atoms with Crippen LogP contribution >= 0.6 is 22.9 Å². The molecule has 1 aliphatic rings. The Morgan fingerprint density at radius 3 is 3.00 bits per heavy atom. The van der Waals surface area contributed by atoms with E-state index in [0.717, 1.165) is 22.9 Å². The molecule has 0 saturated carbocycles. The summed E-state index contributed by atoms with van der Waals surface area (Å²) < 4.78 is 0.913. The van der Waals surface area contributed by atoms with Crippen LogP contribution in [0.1, 0.15) is 22.5 Å². The number of nitrogen functional groups attached to an aromatic ring is 1. The Morgan fingerprint density at radius 2 is 2.30 bits per heavy atom. The molecular formula is C14H15ClN2O2S. The molecular weight excluding hydrogens is 296 g/mol. The second-order valence-corrected chi connectivity index (χ2v) is 6.46. The maximum absolute atomic E-state index is 12.5. The zero-order chi connectivity index (χ0) is 14.3. The number of piperidine rings is 1. The fourth-order valence-corrected chi connectivity index (χ4v) is 4.02. The van der Waals surface area contributed by atoms with E-state index in [1.54, 1.807) is 11.0 Å². The Bertz CT molecular complexity index is 670. The van der Waals surface area contributed by atoms with Crippen molar-refractivity contribution in [2.75, 3.05) is 18.8 Å². The zero-order valence-corrected chi connectivity index (χ0v) is 12.4. The number of rotatable bonds is 1. The molecule has 0 spiro atoms. The first kappa shape index (κ1) is 13.7. The van der Waals surface area contributed by atoms with Gasteiger partial charge in [-0.3, -0.25) is 4.79 Å². The van der Waals surface area contributed by atoms with E-state index >= 15 is 0 Å². The van der Waals surface area contributed by atoms with Gasteiger partial charge < -0.3 is 15.7 Å². The first-order chi connectivity index (χ1) is 9.58. The number of hydrogen-bond donors (Lipinski definition) is 2. The number of β-amino-alcohol motifs (C(OH)–C–C–N with tert-alkyl or cyclic N) is 1. The highest BCUT2D eigenvalue weighted by Gasteiger charge is 2.26. The summed E-state index contributed by atoms with van der Waals surface area (Å²) in [4.78, 5) is 14.7. The number of benzene rings is 1. The molecule has 2 aromatic rings. The van der Waals surface area contributed by atoms with E-state index in [1.807, 2.05) is 12.1 Å². The number of aliphatic hydroxyl groups is 1. The van der Waals surface area contributed by atoms with Crippen molar-refractivity contribution in [2.45, 2.75) is 18.9 Å². The lowest BCUT2D eigenvalue weighted by Gasteiger charge is -2.29. The van der Waals surface area contributed by atoms with E-state index in [-0.39, 0.29) is 5.91 Å². The summed E-state index contributed by atoms with van der Waals surface area (Å²) in [7, 11) is 0. The molecule has 1 atom stereocenters. The van der Waals surface area contributed by atoms with Gasteiger partial charge in [0.2, 0.25) is 0 Å². The Labute approximate surface area is 125 Å². The second kappa shape index (κ2) is 5.24. The van der Waals surface area contributed by atoms with Crippen molar-refractivity contribution in [3.63, 3.8) is 0 Å². The number of hydrogen-bond acceptors (Lipinski definition) is 4. The molecule has 0 bridgehead atoms. The molecule has 1 saturated heterocycles. The Morgan fingerprint density at radius 1 is 1.50 bits per heavy atom. The van der Waals surface area contributed by atoms with Crippen molar-refractivity contribution in [1.82, 2.24) is 4.90 Å². The topological polar surface area (TPSA) is 66.6 Å². The van der Waals surface area contributed by atoms with Crippen molar-refractivity contribution < 1.29 is 9.90 Å². The number of carbonyl (C=O) groups is 1. The minimum atomic E-state index is -0.438. The summed E-state index contributed by atoms with van der Waals surface area (Å²) in [6.45, 7) is 1.04. The summed E-state index contributed by atoms with van der Waals surface area (Å²) in [5.41, 5.74) is 6.54. The number of likely N-dealkylation sites (tertiary alicyclic amines) is 1. The third-order valence-electron chi connectivity index (χ3n) is 3.58. The maximum atomic E-state index is 12.5. The third-order valence-corrected chi connectivity index (χ3v) is 5.05. The summed E-state index contributed by atoms with van der Waals surface area (Å²) in [6, 6.07) is 5.52. The van der Waals surface area contributed by atoms with Crippen molar-refractivity contribution in [2.24, 2.45) is 0 Å². The van der Waals surface area contributed by atoms with E-state index in [4.69, 9.17) is 17.3 Å². The first-order valence-corrected chi connectivity index (χ1v) is 7.71. The van der Waals surface area contributed by atoms with Crippen LogP contribution in [0.3, 0.4) is 0 Å². The van der Waals surface area contributed by atoms with Gasteiger partial charge in [0.25, 0.3) is 5.91 Å². The number of thiophene rings is 1. The van der Waals surface area contributed by atoms with Gasteiger partial charge >= 0.3 is 0 Å². The Balaban J connectivity index is 1.99. The van der Waals surface area contributed by atoms with Gasteiger partial charge in [-0.15, -0.1) is 11.3 Å². The van der Waals surface area contributed by atoms with Crippen LogP contribution in [0.4, 0.5) is 5.69 Å².